The van der Waals surface area contributed by atoms with Gasteiger partial charge in [0.2, 0.25) is 11.8 Å². The molecular formula is C22H24F3N3O5. The molecular weight excluding hydrogens is 443 g/mol. The maximum absolute atomic E-state index is 13.8. The molecule has 0 aliphatic heterocycles. The summed E-state index contributed by atoms with van der Waals surface area (Å²) in [6.45, 7) is 4.26. The molecule has 0 aliphatic carbocycles. The molecule has 1 heterocycles. The number of carbonyl (C=O) groups excluding carboxylic acids is 4. The number of hydrogen-bond donors (Lipinski definition) is 2. The molecule has 0 fully saturated rings. The summed E-state index contributed by atoms with van der Waals surface area (Å²) in [4.78, 5) is 53.3. The number of nitrogens with zero attached hydrogens (tertiary/aromatic N) is 1. The first-order valence-corrected chi connectivity index (χ1v) is 10.0. The zero-order valence-corrected chi connectivity index (χ0v) is 18.6. The number of H-pyrrole nitrogens is 1. The van der Waals surface area contributed by atoms with Crippen LogP contribution < -0.4 is 5.32 Å². The smallest absolute Gasteiger partial charge is 0.339 e. The Morgan fingerprint density at radius 3 is 2.36 bits per heavy atom. The number of nitrogens with one attached hydrogen (secondary N) is 2. The summed E-state index contributed by atoms with van der Waals surface area (Å²) < 4.78 is 45.0. The number of esters is 1. The van der Waals surface area contributed by atoms with Gasteiger partial charge in [0.1, 0.15) is 0 Å². The van der Waals surface area contributed by atoms with E-state index in [0.717, 1.165) is 11.0 Å². The number of hydrogen-bond acceptors (Lipinski definition) is 5. The van der Waals surface area contributed by atoms with Crippen LogP contribution in [0.4, 0.5) is 18.9 Å². The number of Topliss-reactive ketones (excluding diaryl/α,β-unsaturated/α-hetero) is 1. The summed E-state index contributed by atoms with van der Waals surface area (Å²) in [6, 6.07) is 1.53. The van der Waals surface area contributed by atoms with Crippen molar-refractivity contribution in [1.29, 1.82) is 0 Å². The Labute approximate surface area is 188 Å². The number of rotatable bonds is 9. The van der Waals surface area contributed by atoms with Gasteiger partial charge in [-0.15, -0.1) is 0 Å². The predicted octanol–water partition coefficient (Wildman–Crippen LogP) is 3.15. The quantitative estimate of drug-likeness (QED) is 0.335. The zero-order chi connectivity index (χ0) is 24.9. The molecule has 11 heteroatoms. The van der Waals surface area contributed by atoms with Crippen molar-refractivity contribution < 1.29 is 37.1 Å². The van der Waals surface area contributed by atoms with Crippen LogP contribution in [-0.4, -0.2) is 53.7 Å². The molecule has 178 valence electrons. The second-order valence-corrected chi connectivity index (χ2v) is 7.29. The van der Waals surface area contributed by atoms with Crippen molar-refractivity contribution in [1.82, 2.24) is 9.88 Å². The molecule has 33 heavy (non-hydrogen) atoms. The average Bonchev–Trinajstić information content (AvgIpc) is 3.09. The van der Waals surface area contributed by atoms with Crippen LogP contribution in [0.15, 0.2) is 12.1 Å². The first-order valence-electron chi connectivity index (χ1n) is 10.0. The minimum atomic E-state index is -1.73. The van der Waals surface area contributed by atoms with Gasteiger partial charge >= 0.3 is 5.97 Å². The lowest BCUT2D eigenvalue weighted by atomic mass is 10.1. The topological polar surface area (TPSA) is 109 Å². The first-order chi connectivity index (χ1) is 15.5. The standard InChI is InChI=1S/C22H24F3N3O5/c1-5-8-28(10-16(30)26-14-7-6-13(23)19(24)20(14)25)17(31)9-15-18(22(32)33-4)11(2)21(27-15)12(3)29/h6-7,27H,5,8-10H2,1-4H3,(H,26,30). The van der Waals surface area contributed by atoms with Crippen molar-refractivity contribution in [3.8, 4) is 0 Å². The molecule has 0 aliphatic rings. The van der Waals surface area contributed by atoms with Gasteiger partial charge in [-0.3, -0.25) is 14.4 Å². The molecule has 2 N–H and O–H groups in total. The van der Waals surface area contributed by atoms with Crippen molar-refractivity contribution in [2.75, 3.05) is 25.5 Å². The van der Waals surface area contributed by atoms with Crippen molar-refractivity contribution in [2.24, 2.45) is 0 Å². The van der Waals surface area contributed by atoms with Gasteiger partial charge in [0.15, 0.2) is 23.2 Å². The van der Waals surface area contributed by atoms with E-state index < -0.39 is 47.5 Å². The van der Waals surface area contributed by atoms with E-state index in [4.69, 9.17) is 4.74 Å². The van der Waals surface area contributed by atoms with Crippen LogP contribution in [0, 0.1) is 24.4 Å². The zero-order valence-electron chi connectivity index (χ0n) is 18.6. The Kier molecular flexibility index (Phi) is 8.38. The van der Waals surface area contributed by atoms with Crippen molar-refractivity contribution >= 4 is 29.3 Å². The van der Waals surface area contributed by atoms with E-state index in [2.05, 4.69) is 10.3 Å². The highest BCUT2D eigenvalue weighted by atomic mass is 19.2. The van der Waals surface area contributed by atoms with Gasteiger partial charge in [-0.2, -0.15) is 0 Å². The fourth-order valence-electron chi connectivity index (χ4n) is 3.33. The lowest BCUT2D eigenvalue weighted by Gasteiger charge is -2.22. The third-order valence-corrected chi connectivity index (χ3v) is 4.89. The van der Waals surface area contributed by atoms with Crippen LogP contribution in [0.5, 0.6) is 0 Å². The van der Waals surface area contributed by atoms with Crippen LogP contribution in [0.1, 0.15) is 52.4 Å². The van der Waals surface area contributed by atoms with E-state index in [-0.39, 0.29) is 35.7 Å². The van der Waals surface area contributed by atoms with E-state index in [0.29, 0.717) is 18.1 Å². The van der Waals surface area contributed by atoms with Gasteiger partial charge in [-0.05, 0) is 31.0 Å². The summed E-state index contributed by atoms with van der Waals surface area (Å²) in [5, 5.41) is 2.11. The summed E-state index contributed by atoms with van der Waals surface area (Å²) in [5.41, 5.74) is 0.142. The van der Waals surface area contributed by atoms with E-state index in [1.807, 2.05) is 0 Å². The van der Waals surface area contributed by atoms with E-state index in [9.17, 15) is 32.3 Å². The number of ether oxygens (including phenoxy) is 1. The molecule has 1 aromatic heterocycles. The SMILES string of the molecule is CCCN(CC(=O)Nc1ccc(F)c(F)c1F)C(=O)Cc1[nH]c(C(C)=O)c(C)c1C(=O)OC. The van der Waals surface area contributed by atoms with Crippen LogP contribution in [0.3, 0.4) is 0 Å². The summed E-state index contributed by atoms with van der Waals surface area (Å²) in [6.07, 6.45) is 0.135. The molecule has 0 spiro atoms. The first kappa shape index (κ1) is 25.6. The van der Waals surface area contributed by atoms with E-state index in [1.54, 1.807) is 13.8 Å². The van der Waals surface area contributed by atoms with E-state index in [1.165, 1.54) is 14.0 Å². The summed E-state index contributed by atoms with van der Waals surface area (Å²) >= 11 is 0. The van der Waals surface area contributed by atoms with Crippen LogP contribution in [-0.2, 0) is 20.7 Å². The molecule has 2 amide bonds. The highest BCUT2D eigenvalue weighted by molar-refractivity contribution is 6.01. The average molecular weight is 467 g/mol. The summed E-state index contributed by atoms with van der Waals surface area (Å²) in [5.74, 6) is -7.14. The lowest BCUT2D eigenvalue weighted by Crippen LogP contribution is -2.39. The van der Waals surface area contributed by atoms with Gasteiger partial charge < -0.3 is 19.9 Å². The van der Waals surface area contributed by atoms with E-state index >= 15 is 0 Å². The highest BCUT2D eigenvalue weighted by Gasteiger charge is 2.26. The van der Waals surface area contributed by atoms with Gasteiger partial charge in [0.05, 0.1) is 37.0 Å². The number of amides is 2. The number of aromatic nitrogens is 1. The fourth-order valence-corrected chi connectivity index (χ4v) is 3.33. The van der Waals surface area contributed by atoms with Gasteiger partial charge in [0.25, 0.3) is 0 Å². The Balaban J connectivity index is 2.23. The molecule has 2 aromatic rings. The predicted molar refractivity (Wildman–Crippen MR) is 112 cm³/mol. The number of aromatic amines is 1. The molecule has 2 rings (SSSR count). The van der Waals surface area contributed by atoms with Crippen LogP contribution >= 0.6 is 0 Å². The molecule has 0 atom stereocenters. The molecule has 0 unspecified atom stereocenters. The number of benzene rings is 1. The Bertz CT molecular complexity index is 1100. The van der Waals surface area contributed by atoms with Crippen molar-refractivity contribution in [2.45, 2.75) is 33.6 Å². The van der Waals surface area contributed by atoms with Crippen LogP contribution in [0.2, 0.25) is 0 Å². The Morgan fingerprint density at radius 2 is 1.79 bits per heavy atom. The van der Waals surface area contributed by atoms with Gasteiger partial charge in [0, 0.05) is 19.2 Å². The molecule has 8 nitrogen and oxygen atoms in total. The minimum absolute atomic E-state index is 0.0563. The van der Waals surface area contributed by atoms with Crippen molar-refractivity contribution in [3.05, 3.63) is 52.1 Å². The summed E-state index contributed by atoms with van der Waals surface area (Å²) in [7, 11) is 1.17. The van der Waals surface area contributed by atoms with Crippen LogP contribution in [0.25, 0.3) is 0 Å². The third-order valence-electron chi connectivity index (χ3n) is 4.89. The van der Waals surface area contributed by atoms with Gasteiger partial charge in [-0.25, -0.2) is 18.0 Å². The third kappa shape index (κ3) is 5.79. The molecule has 1 aromatic carbocycles. The molecule has 0 saturated heterocycles. The highest BCUT2D eigenvalue weighted by Crippen LogP contribution is 2.22. The Hall–Kier alpha value is -3.63. The largest absolute Gasteiger partial charge is 0.465 e. The number of halogens is 3. The second-order valence-electron chi connectivity index (χ2n) is 7.29. The number of ketones is 1. The number of carbonyl (C=O) groups is 4. The maximum atomic E-state index is 13.8. The minimum Gasteiger partial charge on any atom is -0.465 e. The van der Waals surface area contributed by atoms with Gasteiger partial charge in [-0.1, -0.05) is 6.92 Å². The fraction of sp³-hybridized carbons (Fsp3) is 0.364. The maximum Gasteiger partial charge on any atom is 0.339 e. The normalized spacial score (nSPS) is 10.6. The Morgan fingerprint density at radius 1 is 1.12 bits per heavy atom. The molecule has 0 saturated carbocycles. The van der Waals surface area contributed by atoms with Crippen molar-refractivity contribution in [3.63, 3.8) is 0 Å². The number of anilines is 1. The lowest BCUT2D eigenvalue weighted by molar-refractivity contribution is -0.134. The number of methoxy groups -OCH3 is 1. The molecule has 0 radical (unpaired) electrons. The molecule has 0 bridgehead atoms. The second kappa shape index (κ2) is 10.8. The monoisotopic (exact) mass is 467 g/mol.